The molecule has 15 heteroatoms. The molecule has 2 aliphatic rings. The summed E-state index contributed by atoms with van der Waals surface area (Å²) in [6.45, 7) is 1.64. The van der Waals surface area contributed by atoms with Crippen LogP contribution >= 0.6 is 0 Å². The standard InChI is InChI=1S/C21H27N9O6/c31-17(9-13-10-22-6-7-36-13)25-14(3-4-18(32)33)21(35)30-15(8-12-2-1-5-23-19(12)30)20(34)24-11-16-26-28-29-27-16/h1-2,5,13-15,22H,3-4,6-11H2,(H,24,34)(H,25,31)(H,32,33)(H,26,27,28,29)/t13?,14?,15-/m0/s1. The Morgan fingerprint density at radius 2 is 2.17 bits per heavy atom. The van der Waals surface area contributed by atoms with E-state index < -0.39 is 35.8 Å². The van der Waals surface area contributed by atoms with Gasteiger partial charge < -0.3 is 25.8 Å². The zero-order valence-corrected chi connectivity index (χ0v) is 19.3. The summed E-state index contributed by atoms with van der Waals surface area (Å²) in [6, 6.07) is 1.33. The second kappa shape index (κ2) is 11.6. The van der Waals surface area contributed by atoms with Gasteiger partial charge in [0.2, 0.25) is 11.8 Å². The van der Waals surface area contributed by atoms with E-state index >= 15 is 0 Å². The fourth-order valence-corrected chi connectivity index (χ4v) is 4.17. The van der Waals surface area contributed by atoms with Gasteiger partial charge in [0.1, 0.15) is 17.9 Å². The molecule has 3 atom stereocenters. The molecule has 0 spiro atoms. The molecular weight excluding hydrogens is 474 g/mol. The van der Waals surface area contributed by atoms with Gasteiger partial charge in [-0.3, -0.25) is 24.1 Å². The van der Waals surface area contributed by atoms with E-state index in [1.54, 1.807) is 12.1 Å². The van der Waals surface area contributed by atoms with Crippen LogP contribution in [-0.4, -0.2) is 92.3 Å². The van der Waals surface area contributed by atoms with Gasteiger partial charge in [-0.15, -0.1) is 10.2 Å². The van der Waals surface area contributed by atoms with Crippen LogP contribution in [0, 0.1) is 0 Å². The molecule has 2 unspecified atom stereocenters. The van der Waals surface area contributed by atoms with Gasteiger partial charge in [0.05, 0.1) is 25.7 Å². The number of morpholine rings is 1. The van der Waals surface area contributed by atoms with E-state index in [0.717, 1.165) is 0 Å². The minimum Gasteiger partial charge on any atom is -0.481 e. The second-order valence-electron chi connectivity index (χ2n) is 8.41. The van der Waals surface area contributed by atoms with Crippen molar-refractivity contribution in [1.82, 2.24) is 41.6 Å². The van der Waals surface area contributed by atoms with Crippen LogP contribution in [0.25, 0.3) is 0 Å². The molecule has 2 aromatic rings. The topological polar surface area (TPSA) is 204 Å². The summed E-state index contributed by atoms with van der Waals surface area (Å²) in [5.41, 5.74) is 0.676. The summed E-state index contributed by atoms with van der Waals surface area (Å²) < 4.78 is 5.55. The third-order valence-electron chi connectivity index (χ3n) is 5.87. The number of aromatic nitrogens is 5. The predicted molar refractivity (Wildman–Crippen MR) is 121 cm³/mol. The van der Waals surface area contributed by atoms with Gasteiger partial charge >= 0.3 is 5.97 Å². The molecule has 2 aliphatic heterocycles. The maximum absolute atomic E-state index is 13.7. The number of tetrazole rings is 1. The molecule has 5 N–H and O–H groups in total. The van der Waals surface area contributed by atoms with Crippen LogP contribution in [0.4, 0.5) is 5.82 Å². The lowest BCUT2D eigenvalue weighted by atomic mass is 10.1. The van der Waals surface area contributed by atoms with Gasteiger partial charge in [0, 0.05) is 32.1 Å². The summed E-state index contributed by atoms with van der Waals surface area (Å²) in [6.07, 6.45) is 0.847. The highest BCUT2D eigenvalue weighted by atomic mass is 16.5. The van der Waals surface area contributed by atoms with Crippen molar-refractivity contribution >= 4 is 29.5 Å². The summed E-state index contributed by atoms with van der Waals surface area (Å²) in [4.78, 5) is 56.3. The number of carboxylic acid groups (broad SMARTS) is 1. The Bertz CT molecular complexity index is 1090. The van der Waals surface area contributed by atoms with E-state index in [-0.39, 0.29) is 50.0 Å². The van der Waals surface area contributed by atoms with Crippen LogP contribution in [0.15, 0.2) is 18.3 Å². The second-order valence-corrected chi connectivity index (χ2v) is 8.41. The molecule has 1 saturated heterocycles. The summed E-state index contributed by atoms with van der Waals surface area (Å²) >= 11 is 0. The van der Waals surface area contributed by atoms with Crippen molar-refractivity contribution in [1.29, 1.82) is 0 Å². The van der Waals surface area contributed by atoms with Crippen molar-refractivity contribution < 1.29 is 29.0 Å². The summed E-state index contributed by atoms with van der Waals surface area (Å²) in [7, 11) is 0. The molecule has 0 aromatic carbocycles. The van der Waals surface area contributed by atoms with E-state index in [1.807, 2.05) is 0 Å². The molecular formula is C21H27N9O6. The molecule has 1 fully saturated rings. The Morgan fingerprint density at radius 1 is 1.31 bits per heavy atom. The Kier molecular flexibility index (Phi) is 8.12. The zero-order chi connectivity index (χ0) is 25.5. The van der Waals surface area contributed by atoms with Gasteiger partial charge in [-0.2, -0.15) is 5.21 Å². The molecule has 15 nitrogen and oxygen atoms in total. The minimum atomic E-state index is -1.18. The number of amides is 3. The highest BCUT2D eigenvalue weighted by molar-refractivity contribution is 6.06. The van der Waals surface area contributed by atoms with E-state index in [9.17, 15) is 24.3 Å². The average Bonchev–Trinajstić information content (AvgIpc) is 3.53. The van der Waals surface area contributed by atoms with E-state index in [2.05, 4.69) is 41.6 Å². The number of anilines is 1. The van der Waals surface area contributed by atoms with Crippen LogP contribution in [-0.2, 0) is 36.9 Å². The summed E-state index contributed by atoms with van der Waals surface area (Å²) in [5.74, 6) is -2.11. The van der Waals surface area contributed by atoms with Crippen LogP contribution in [0.2, 0.25) is 0 Å². The predicted octanol–water partition coefficient (Wildman–Crippen LogP) is -2.10. The number of fused-ring (bicyclic) bond motifs is 1. The molecule has 0 aliphatic carbocycles. The number of ether oxygens (including phenoxy) is 1. The van der Waals surface area contributed by atoms with Crippen LogP contribution in [0.5, 0.6) is 0 Å². The smallest absolute Gasteiger partial charge is 0.303 e. The molecule has 4 rings (SSSR count). The SMILES string of the molecule is O=C(O)CCC(NC(=O)CC1CNCCO1)C(=O)N1c2ncccc2C[C@H]1C(=O)NCc1nn[nH]n1. The van der Waals surface area contributed by atoms with Crippen molar-refractivity contribution in [3.05, 3.63) is 29.7 Å². The molecule has 192 valence electrons. The number of H-pyrrole nitrogens is 1. The van der Waals surface area contributed by atoms with Gasteiger partial charge in [0.15, 0.2) is 5.82 Å². The zero-order valence-electron chi connectivity index (χ0n) is 19.3. The normalized spacial score (nSPS) is 19.8. The van der Waals surface area contributed by atoms with Gasteiger partial charge in [0.25, 0.3) is 5.91 Å². The van der Waals surface area contributed by atoms with Crippen molar-refractivity contribution in [2.24, 2.45) is 0 Å². The first kappa shape index (κ1) is 25.1. The number of rotatable bonds is 10. The highest BCUT2D eigenvalue weighted by Gasteiger charge is 2.42. The number of hydrogen-bond acceptors (Lipinski definition) is 10. The Balaban J connectivity index is 1.51. The molecule has 36 heavy (non-hydrogen) atoms. The number of carbonyl (C=O) groups excluding carboxylic acids is 3. The van der Waals surface area contributed by atoms with Crippen LogP contribution in [0.3, 0.4) is 0 Å². The largest absolute Gasteiger partial charge is 0.481 e. The van der Waals surface area contributed by atoms with Crippen molar-refractivity contribution in [2.75, 3.05) is 24.6 Å². The van der Waals surface area contributed by atoms with Gasteiger partial charge in [-0.25, -0.2) is 4.98 Å². The maximum Gasteiger partial charge on any atom is 0.303 e. The third kappa shape index (κ3) is 6.17. The minimum absolute atomic E-state index is 0.00725. The van der Waals surface area contributed by atoms with E-state index in [4.69, 9.17) is 4.74 Å². The number of carbonyl (C=O) groups is 4. The van der Waals surface area contributed by atoms with Crippen molar-refractivity contribution in [2.45, 2.75) is 50.4 Å². The van der Waals surface area contributed by atoms with Crippen molar-refractivity contribution in [3.63, 3.8) is 0 Å². The number of aromatic amines is 1. The Labute approximate surface area is 205 Å². The molecule has 0 saturated carbocycles. The summed E-state index contributed by atoms with van der Waals surface area (Å²) in [5, 5.41) is 31.0. The quantitative estimate of drug-likeness (QED) is 0.238. The fourth-order valence-electron chi connectivity index (χ4n) is 4.17. The molecule has 2 aromatic heterocycles. The third-order valence-corrected chi connectivity index (χ3v) is 5.87. The first-order valence-corrected chi connectivity index (χ1v) is 11.5. The van der Waals surface area contributed by atoms with Crippen molar-refractivity contribution in [3.8, 4) is 0 Å². The molecule has 3 amide bonds. The number of pyridine rings is 1. The molecule has 0 radical (unpaired) electrons. The monoisotopic (exact) mass is 501 g/mol. The maximum atomic E-state index is 13.7. The fraction of sp³-hybridized carbons (Fsp3) is 0.524. The number of nitrogens with one attached hydrogen (secondary N) is 4. The van der Waals surface area contributed by atoms with E-state index in [1.165, 1.54) is 11.1 Å². The first-order valence-electron chi connectivity index (χ1n) is 11.5. The van der Waals surface area contributed by atoms with Crippen LogP contribution in [0.1, 0.15) is 30.7 Å². The van der Waals surface area contributed by atoms with Crippen LogP contribution < -0.4 is 20.9 Å². The number of aliphatic carboxylic acids is 1. The number of nitrogens with zero attached hydrogens (tertiary/aromatic N) is 5. The molecule has 4 heterocycles. The first-order chi connectivity index (χ1) is 17.4. The van der Waals surface area contributed by atoms with E-state index in [0.29, 0.717) is 25.3 Å². The Hall–Kier alpha value is -3.98. The van der Waals surface area contributed by atoms with Gasteiger partial charge in [-0.05, 0) is 18.1 Å². The lowest BCUT2D eigenvalue weighted by molar-refractivity contribution is -0.138. The average molecular weight is 502 g/mol. The van der Waals surface area contributed by atoms with Gasteiger partial charge in [-0.1, -0.05) is 11.3 Å². The lowest BCUT2D eigenvalue weighted by Crippen LogP contribution is -2.55. The highest BCUT2D eigenvalue weighted by Crippen LogP contribution is 2.31. The lowest BCUT2D eigenvalue weighted by Gasteiger charge is -2.29. The Morgan fingerprint density at radius 3 is 2.89 bits per heavy atom. The number of hydrogen-bond donors (Lipinski definition) is 5. The molecule has 0 bridgehead atoms. The number of carboxylic acids is 1.